The van der Waals surface area contributed by atoms with Gasteiger partial charge in [-0.1, -0.05) is 0 Å². The SMILES string of the molecule is CC(=O)OCCCC(F)F. The molecule has 0 aliphatic carbocycles. The minimum atomic E-state index is -2.30. The van der Waals surface area contributed by atoms with E-state index >= 15 is 0 Å². The average molecular weight is 152 g/mol. The van der Waals surface area contributed by atoms with Gasteiger partial charge in [0, 0.05) is 13.3 Å². The Kier molecular flexibility index (Phi) is 4.80. The van der Waals surface area contributed by atoms with Gasteiger partial charge in [0.2, 0.25) is 6.43 Å². The molecule has 0 spiro atoms. The Morgan fingerprint density at radius 2 is 2.20 bits per heavy atom. The van der Waals surface area contributed by atoms with Crippen molar-refractivity contribution >= 4 is 5.97 Å². The third-order valence-electron chi connectivity index (χ3n) is 0.872. The van der Waals surface area contributed by atoms with Crippen LogP contribution in [-0.2, 0) is 9.53 Å². The Labute approximate surface area is 58.2 Å². The number of esters is 1. The highest BCUT2D eigenvalue weighted by Crippen LogP contribution is 2.02. The molecule has 0 aromatic carbocycles. The summed E-state index contributed by atoms with van der Waals surface area (Å²) in [4.78, 5) is 10.1. The molecule has 0 fully saturated rings. The van der Waals surface area contributed by atoms with Gasteiger partial charge in [-0.05, 0) is 6.42 Å². The highest BCUT2D eigenvalue weighted by atomic mass is 19.3. The van der Waals surface area contributed by atoms with Crippen LogP contribution in [0.2, 0.25) is 0 Å². The molecule has 0 unspecified atom stereocenters. The number of halogens is 2. The topological polar surface area (TPSA) is 26.3 Å². The Balaban J connectivity index is 2.98. The van der Waals surface area contributed by atoms with E-state index in [4.69, 9.17) is 0 Å². The predicted molar refractivity (Wildman–Crippen MR) is 31.9 cm³/mol. The van der Waals surface area contributed by atoms with Crippen molar-refractivity contribution in [2.75, 3.05) is 6.61 Å². The maximum atomic E-state index is 11.4. The fourth-order valence-corrected chi connectivity index (χ4v) is 0.454. The molecule has 60 valence electrons. The maximum Gasteiger partial charge on any atom is 0.302 e. The van der Waals surface area contributed by atoms with E-state index < -0.39 is 12.4 Å². The highest BCUT2D eigenvalue weighted by molar-refractivity contribution is 5.65. The molecule has 0 saturated carbocycles. The lowest BCUT2D eigenvalue weighted by Crippen LogP contribution is -2.02. The summed E-state index contributed by atoms with van der Waals surface area (Å²) < 4.78 is 27.3. The van der Waals surface area contributed by atoms with Gasteiger partial charge in [0.25, 0.3) is 0 Å². The summed E-state index contributed by atoms with van der Waals surface area (Å²) in [7, 11) is 0. The molecule has 0 bridgehead atoms. The number of rotatable bonds is 4. The number of alkyl halides is 2. The molecule has 10 heavy (non-hydrogen) atoms. The quantitative estimate of drug-likeness (QED) is 0.451. The van der Waals surface area contributed by atoms with Crippen LogP contribution in [-0.4, -0.2) is 19.0 Å². The molecule has 2 nitrogen and oxygen atoms in total. The van der Waals surface area contributed by atoms with Gasteiger partial charge in [0.1, 0.15) is 0 Å². The summed E-state index contributed by atoms with van der Waals surface area (Å²) in [5.74, 6) is -0.422. The second-order valence-corrected chi connectivity index (χ2v) is 1.87. The first kappa shape index (κ1) is 9.33. The summed E-state index contributed by atoms with van der Waals surface area (Å²) in [6.45, 7) is 1.35. The number of hydrogen-bond acceptors (Lipinski definition) is 2. The normalized spacial score (nSPS) is 10.0. The van der Waals surface area contributed by atoms with Crippen molar-refractivity contribution in [2.24, 2.45) is 0 Å². The molecular formula is C6H10F2O2. The number of carbonyl (C=O) groups excluding carboxylic acids is 1. The van der Waals surface area contributed by atoms with Crippen molar-refractivity contribution < 1.29 is 18.3 Å². The van der Waals surface area contributed by atoms with Crippen molar-refractivity contribution in [3.8, 4) is 0 Å². The number of carbonyl (C=O) groups is 1. The van der Waals surface area contributed by atoms with Crippen LogP contribution in [0.5, 0.6) is 0 Å². The molecule has 0 aromatic rings. The Morgan fingerprint density at radius 3 is 2.60 bits per heavy atom. The van der Waals surface area contributed by atoms with Crippen LogP contribution in [0.3, 0.4) is 0 Å². The Bertz CT molecular complexity index is 104. The molecule has 0 aromatic heterocycles. The number of hydrogen-bond donors (Lipinski definition) is 0. The molecule has 0 aliphatic heterocycles. The zero-order valence-corrected chi connectivity index (χ0v) is 5.77. The second kappa shape index (κ2) is 5.14. The van der Waals surface area contributed by atoms with Crippen LogP contribution in [0, 0.1) is 0 Å². The van der Waals surface area contributed by atoms with Gasteiger partial charge in [-0.15, -0.1) is 0 Å². The van der Waals surface area contributed by atoms with Crippen molar-refractivity contribution in [3.05, 3.63) is 0 Å². The first-order valence-corrected chi connectivity index (χ1v) is 3.04. The molecule has 0 amide bonds. The summed E-state index contributed by atoms with van der Waals surface area (Å²) in [6.07, 6.45) is -2.26. The third kappa shape index (κ3) is 7.33. The molecule has 0 heterocycles. The summed E-state index contributed by atoms with van der Waals surface area (Å²) in [5.41, 5.74) is 0. The smallest absolute Gasteiger partial charge is 0.302 e. The fraction of sp³-hybridized carbons (Fsp3) is 0.833. The highest BCUT2D eigenvalue weighted by Gasteiger charge is 2.01. The van der Waals surface area contributed by atoms with Crippen LogP contribution < -0.4 is 0 Å². The Morgan fingerprint density at radius 1 is 1.60 bits per heavy atom. The van der Waals surface area contributed by atoms with Crippen molar-refractivity contribution in [2.45, 2.75) is 26.2 Å². The van der Waals surface area contributed by atoms with E-state index in [9.17, 15) is 13.6 Å². The van der Waals surface area contributed by atoms with Gasteiger partial charge in [-0.2, -0.15) is 0 Å². The van der Waals surface area contributed by atoms with Gasteiger partial charge in [-0.25, -0.2) is 8.78 Å². The van der Waals surface area contributed by atoms with Crippen molar-refractivity contribution in [1.82, 2.24) is 0 Å². The van der Waals surface area contributed by atoms with Gasteiger partial charge in [0.15, 0.2) is 0 Å². The van der Waals surface area contributed by atoms with Crippen molar-refractivity contribution in [1.29, 1.82) is 0 Å². The minimum absolute atomic E-state index is 0.0969. The largest absolute Gasteiger partial charge is 0.466 e. The van der Waals surface area contributed by atoms with Crippen LogP contribution in [0.25, 0.3) is 0 Å². The average Bonchev–Trinajstić information content (AvgIpc) is 1.79. The molecule has 0 rings (SSSR count). The second-order valence-electron chi connectivity index (χ2n) is 1.87. The predicted octanol–water partition coefficient (Wildman–Crippen LogP) is 1.59. The summed E-state index contributed by atoms with van der Waals surface area (Å²) >= 11 is 0. The first-order chi connectivity index (χ1) is 4.63. The van der Waals surface area contributed by atoms with Crippen molar-refractivity contribution in [3.63, 3.8) is 0 Å². The summed E-state index contributed by atoms with van der Waals surface area (Å²) in [5, 5.41) is 0. The van der Waals surface area contributed by atoms with E-state index in [2.05, 4.69) is 4.74 Å². The van der Waals surface area contributed by atoms with E-state index in [0.29, 0.717) is 0 Å². The van der Waals surface area contributed by atoms with E-state index in [-0.39, 0.29) is 19.4 Å². The van der Waals surface area contributed by atoms with E-state index in [1.54, 1.807) is 0 Å². The maximum absolute atomic E-state index is 11.4. The lowest BCUT2D eigenvalue weighted by Gasteiger charge is -1.99. The van der Waals surface area contributed by atoms with Gasteiger partial charge in [-0.3, -0.25) is 4.79 Å². The minimum Gasteiger partial charge on any atom is -0.466 e. The van der Waals surface area contributed by atoms with Gasteiger partial charge < -0.3 is 4.74 Å². The molecule has 0 saturated heterocycles. The molecule has 0 radical (unpaired) electrons. The van der Waals surface area contributed by atoms with Crippen LogP contribution in [0.15, 0.2) is 0 Å². The summed E-state index contributed by atoms with van der Waals surface area (Å²) in [6, 6.07) is 0. The fourth-order valence-electron chi connectivity index (χ4n) is 0.454. The zero-order valence-electron chi connectivity index (χ0n) is 5.77. The molecular weight excluding hydrogens is 142 g/mol. The van der Waals surface area contributed by atoms with Gasteiger partial charge >= 0.3 is 5.97 Å². The molecule has 4 heteroatoms. The monoisotopic (exact) mass is 152 g/mol. The zero-order chi connectivity index (χ0) is 7.98. The molecule has 0 aliphatic rings. The van der Waals surface area contributed by atoms with Crippen LogP contribution in [0.4, 0.5) is 8.78 Å². The molecule has 0 N–H and O–H groups in total. The standard InChI is InChI=1S/C6H10F2O2/c1-5(9)10-4-2-3-6(7)8/h6H,2-4H2,1H3. The van der Waals surface area contributed by atoms with Crippen LogP contribution in [0.1, 0.15) is 19.8 Å². The van der Waals surface area contributed by atoms with Gasteiger partial charge in [0.05, 0.1) is 6.61 Å². The molecule has 0 atom stereocenters. The van der Waals surface area contributed by atoms with Crippen LogP contribution >= 0.6 is 0 Å². The van der Waals surface area contributed by atoms with E-state index in [1.165, 1.54) is 6.92 Å². The Hall–Kier alpha value is -0.670. The first-order valence-electron chi connectivity index (χ1n) is 3.04. The number of ether oxygens (including phenoxy) is 1. The lowest BCUT2D eigenvalue weighted by atomic mass is 10.3. The lowest BCUT2D eigenvalue weighted by molar-refractivity contribution is -0.141. The third-order valence-corrected chi connectivity index (χ3v) is 0.872. The van der Waals surface area contributed by atoms with E-state index in [0.717, 1.165) is 0 Å². The van der Waals surface area contributed by atoms with E-state index in [1.807, 2.05) is 0 Å².